The van der Waals surface area contributed by atoms with Crippen molar-refractivity contribution in [2.45, 2.75) is 0 Å². The average Bonchev–Trinajstić information content (AvgIpc) is 1.00. The third-order valence-electron chi connectivity index (χ3n) is 0. The summed E-state index contributed by atoms with van der Waals surface area (Å²) in [5.74, 6) is 0. The first-order chi connectivity index (χ1) is 1.00. The summed E-state index contributed by atoms with van der Waals surface area (Å²) >= 11 is 0.535. The Morgan fingerprint density at radius 1 is 1.25 bits per heavy atom. The first-order valence-electron chi connectivity index (χ1n) is 0.378. The van der Waals surface area contributed by atoms with Gasteiger partial charge in [-0.05, 0) is 0 Å². The van der Waals surface area contributed by atoms with Crippen molar-refractivity contribution in [3.05, 3.63) is 0 Å². The van der Waals surface area contributed by atoms with Crippen LogP contribution in [0.25, 0.3) is 0 Å². The normalized spacial score (nSPS) is 1.75. The van der Waals surface area contributed by atoms with Crippen molar-refractivity contribution in [2.24, 2.45) is 0 Å². The first-order valence-corrected chi connectivity index (χ1v) is 4.68. The second-order valence-electron chi connectivity index (χ2n) is 0. The van der Waals surface area contributed by atoms with Crippen LogP contribution in [-0.4, -0.2) is 52.6 Å². The van der Waals surface area contributed by atoms with Crippen LogP contribution in [0, 0.1) is 0 Å². The average molecular weight is 115 g/mol. The standard InChI is InChI=1S/ClH.K.Na.H2O/h1H;;;1H2/q;2*+1;/p-2. The van der Waals surface area contributed by atoms with Crippen molar-refractivity contribution in [3.63, 3.8) is 0 Å². The molecule has 4 heavy (non-hydrogen) atoms. The summed E-state index contributed by atoms with van der Waals surface area (Å²) in [7, 11) is 0. The van der Waals surface area contributed by atoms with Gasteiger partial charge in [-0.2, -0.15) is 0 Å². The summed E-state index contributed by atoms with van der Waals surface area (Å²) in [6.45, 7) is 0. The van der Waals surface area contributed by atoms with E-state index >= 15 is 0 Å². The van der Waals surface area contributed by atoms with Gasteiger partial charge in [0.2, 0.25) is 0 Å². The van der Waals surface area contributed by atoms with E-state index in [0.29, 0.717) is 47.1 Å². The monoisotopic (exact) mass is 114 g/mol. The van der Waals surface area contributed by atoms with Gasteiger partial charge < -0.3 is 5.48 Å². The van der Waals surface area contributed by atoms with E-state index in [9.17, 15) is 0 Å². The van der Waals surface area contributed by atoms with Gasteiger partial charge in [0.25, 0.3) is 0 Å². The topological polar surface area (TPSA) is 30.0 Å². The van der Waals surface area contributed by atoms with Crippen molar-refractivity contribution in [1.82, 2.24) is 0 Å². The Morgan fingerprint density at radius 2 is 1.25 bits per heavy atom. The third-order valence-corrected chi connectivity index (χ3v) is 0. The quantitative estimate of drug-likeness (QED) is 0.312. The fourth-order valence-electron chi connectivity index (χ4n) is 0. The SMILES string of the molecule is [Cl][K].[Na+].[OH-]. The summed E-state index contributed by atoms with van der Waals surface area (Å²) in [4.78, 5) is 0. The number of hydrogen-bond donors (Lipinski definition) is 0. The van der Waals surface area contributed by atoms with Gasteiger partial charge in [-0.3, -0.25) is 0 Å². The molecule has 0 aromatic heterocycles. The Bertz CT molecular complexity index is 8.00. The van der Waals surface area contributed by atoms with Gasteiger partial charge in [-0.15, -0.1) is 0 Å². The maximum Gasteiger partial charge on any atom is 1.00 e. The summed E-state index contributed by atoms with van der Waals surface area (Å²) in [5, 5.41) is 0. The molecule has 0 saturated carbocycles. The molecule has 0 aliphatic carbocycles. The predicted octanol–water partition coefficient (Wildman–Crippen LogP) is -2.86. The second-order valence-corrected chi connectivity index (χ2v) is 0. The molecule has 0 amide bonds. The fourth-order valence-corrected chi connectivity index (χ4v) is 0. The van der Waals surface area contributed by atoms with Crippen LogP contribution < -0.4 is 29.6 Å². The molecule has 0 bridgehead atoms. The Hall–Kier alpha value is 2.89. The molecule has 0 heterocycles. The molecule has 1 nitrogen and oxygen atoms in total. The molecule has 0 fully saturated rings. The van der Waals surface area contributed by atoms with E-state index < -0.39 is 0 Å². The summed E-state index contributed by atoms with van der Waals surface area (Å²) < 4.78 is 4.83. The molecule has 0 rings (SSSR count). The Morgan fingerprint density at radius 3 is 1.25 bits per heavy atom. The molecule has 0 aliphatic heterocycles. The van der Waals surface area contributed by atoms with Crippen LogP contribution in [0.15, 0.2) is 0 Å². The van der Waals surface area contributed by atoms with Crippen LogP contribution >= 0.6 is 3.76 Å². The summed E-state index contributed by atoms with van der Waals surface area (Å²) in [5.41, 5.74) is 0. The van der Waals surface area contributed by atoms with E-state index in [0.717, 1.165) is 0 Å². The van der Waals surface area contributed by atoms with Crippen molar-refractivity contribution < 1.29 is 35.0 Å². The minimum absolute atomic E-state index is 0. The minimum Gasteiger partial charge on any atom is -0.870 e. The van der Waals surface area contributed by atoms with E-state index in [1.54, 1.807) is 0 Å². The molecular formula is HClKNaO. The smallest absolute Gasteiger partial charge is 0.870 e. The zero-order chi connectivity index (χ0) is 2.00. The largest absolute Gasteiger partial charge is 1.00 e. The fraction of sp³-hybridized carbons (Fsp3) is 0. The second kappa shape index (κ2) is 16.9. The molecule has 0 aromatic rings. The van der Waals surface area contributed by atoms with E-state index in [1.807, 2.05) is 0 Å². The summed E-state index contributed by atoms with van der Waals surface area (Å²) in [6, 6.07) is 0. The predicted molar refractivity (Wildman–Crippen MR) is 13.5 cm³/mol. The Kier molecular flexibility index (Phi) is 66.6. The van der Waals surface area contributed by atoms with Gasteiger partial charge in [0.1, 0.15) is 0 Å². The van der Waals surface area contributed by atoms with Crippen molar-refractivity contribution in [1.29, 1.82) is 0 Å². The summed E-state index contributed by atoms with van der Waals surface area (Å²) in [6.07, 6.45) is 0. The van der Waals surface area contributed by atoms with E-state index in [4.69, 9.17) is 3.76 Å². The molecular weight excluding hydrogens is 114 g/mol. The van der Waals surface area contributed by atoms with E-state index in [-0.39, 0.29) is 35.0 Å². The maximum absolute atomic E-state index is 4.83. The zero-order valence-electron chi connectivity index (χ0n) is 2.83. The Balaban J connectivity index is -0.00000000500. The van der Waals surface area contributed by atoms with Crippen LogP contribution in [0.5, 0.6) is 0 Å². The van der Waals surface area contributed by atoms with Crippen LogP contribution in [0.3, 0.4) is 0 Å². The Labute approximate surface area is 83.5 Å². The van der Waals surface area contributed by atoms with Crippen LogP contribution in [-0.2, 0) is 0 Å². The maximum atomic E-state index is 4.83. The van der Waals surface area contributed by atoms with Crippen LogP contribution in [0.4, 0.5) is 0 Å². The number of hydrogen-bond acceptors (Lipinski definition) is 1. The van der Waals surface area contributed by atoms with Crippen molar-refractivity contribution in [3.8, 4) is 0 Å². The molecule has 0 atom stereocenters. The third kappa shape index (κ3) is 8.86. The zero-order valence-corrected chi connectivity index (χ0v) is 8.70. The molecule has 0 radical (unpaired) electrons. The molecule has 0 aromatic carbocycles. The van der Waals surface area contributed by atoms with Gasteiger partial charge in [-0.1, -0.05) is 0 Å². The molecule has 0 unspecified atom stereocenters. The number of halogens is 1. The minimum atomic E-state index is 0. The molecule has 1 N–H and O–H groups in total. The van der Waals surface area contributed by atoms with Gasteiger partial charge >= 0.3 is 80.5 Å². The van der Waals surface area contributed by atoms with Gasteiger partial charge in [-0.25, -0.2) is 0 Å². The van der Waals surface area contributed by atoms with Gasteiger partial charge in [0.05, 0.1) is 0 Å². The number of rotatable bonds is 0. The van der Waals surface area contributed by atoms with Crippen LogP contribution in [0.2, 0.25) is 0 Å². The van der Waals surface area contributed by atoms with Crippen LogP contribution in [0.1, 0.15) is 0 Å². The molecule has 0 saturated heterocycles. The van der Waals surface area contributed by atoms with E-state index in [2.05, 4.69) is 0 Å². The molecule has 4 heteroatoms. The molecule has 16 valence electrons. The van der Waals surface area contributed by atoms with Crippen molar-refractivity contribution in [2.75, 3.05) is 0 Å². The molecule has 0 spiro atoms. The van der Waals surface area contributed by atoms with Crippen molar-refractivity contribution >= 4 is 50.9 Å². The van der Waals surface area contributed by atoms with Gasteiger partial charge in [0, 0.05) is 0 Å². The van der Waals surface area contributed by atoms with E-state index in [1.165, 1.54) is 0 Å². The first kappa shape index (κ1) is 15.8. The van der Waals surface area contributed by atoms with Gasteiger partial charge in [0.15, 0.2) is 0 Å². The molecule has 0 aliphatic rings.